The van der Waals surface area contributed by atoms with Crippen LogP contribution in [0.25, 0.3) is 0 Å². The monoisotopic (exact) mass is 538 g/mol. The predicted octanol–water partition coefficient (Wildman–Crippen LogP) is 6.30. The van der Waals surface area contributed by atoms with Gasteiger partial charge in [-0.05, 0) is 60.4 Å². The summed E-state index contributed by atoms with van der Waals surface area (Å²) < 4.78 is 17.1. The molecular formula is C34H38N2O4. The highest BCUT2D eigenvalue weighted by molar-refractivity contribution is 5.93. The lowest BCUT2D eigenvalue weighted by Crippen LogP contribution is -2.30. The molecule has 4 aromatic rings. The first-order valence-corrected chi connectivity index (χ1v) is 13.7. The Morgan fingerprint density at radius 3 is 2.05 bits per heavy atom. The van der Waals surface area contributed by atoms with Crippen molar-refractivity contribution in [2.24, 2.45) is 5.73 Å². The fourth-order valence-corrected chi connectivity index (χ4v) is 4.79. The molecule has 0 aliphatic heterocycles. The van der Waals surface area contributed by atoms with Gasteiger partial charge in [-0.1, -0.05) is 72.8 Å². The van der Waals surface area contributed by atoms with Crippen LogP contribution in [0.15, 0.2) is 103 Å². The van der Waals surface area contributed by atoms with Gasteiger partial charge < -0.3 is 19.9 Å². The maximum absolute atomic E-state index is 11.5. The van der Waals surface area contributed by atoms with E-state index in [4.69, 9.17) is 19.9 Å². The molecule has 0 heterocycles. The van der Waals surface area contributed by atoms with Crippen molar-refractivity contribution in [1.82, 2.24) is 4.90 Å². The number of benzene rings is 4. The van der Waals surface area contributed by atoms with Crippen molar-refractivity contribution >= 4 is 5.91 Å². The molecule has 0 aliphatic rings. The minimum absolute atomic E-state index is 0.229. The topological polar surface area (TPSA) is 74.0 Å². The second-order valence-electron chi connectivity index (χ2n) is 9.62. The van der Waals surface area contributed by atoms with Gasteiger partial charge in [0.25, 0.3) is 0 Å². The fraction of sp³-hybridized carbons (Fsp3) is 0.265. The Morgan fingerprint density at radius 1 is 0.825 bits per heavy atom. The van der Waals surface area contributed by atoms with Crippen LogP contribution in [0.2, 0.25) is 0 Å². The number of methoxy groups -OCH3 is 1. The first-order valence-electron chi connectivity index (χ1n) is 13.7. The lowest BCUT2D eigenvalue weighted by molar-refractivity contribution is 0.1000. The molecule has 0 saturated carbocycles. The summed E-state index contributed by atoms with van der Waals surface area (Å²) in [4.78, 5) is 14.0. The van der Waals surface area contributed by atoms with Gasteiger partial charge in [-0.25, -0.2) is 0 Å². The van der Waals surface area contributed by atoms with Crippen molar-refractivity contribution < 1.29 is 19.0 Å². The maximum atomic E-state index is 11.5. The Bertz CT molecular complexity index is 1290. The lowest BCUT2D eigenvalue weighted by Gasteiger charge is -2.28. The Hall–Kier alpha value is -4.29. The zero-order chi connectivity index (χ0) is 28.2. The minimum atomic E-state index is -0.499. The van der Waals surface area contributed by atoms with Crippen LogP contribution in [0.4, 0.5) is 0 Å². The third-order valence-electron chi connectivity index (χ3n) is 6.81. The molecule has 6 heteroatoms. The highest BCUT2D eigenvalue weighted by Crippen LogP contribution is 2.29. The van der Waals surface area contributed by atoms with Gasteiger partial charge in [-0.3, -0.25) is 9.69 Å². The van der Waals surface area contributed by atoms with Gasteiger partial charge in [0.15, 0.2) is 11.5 Å². The molecule has 4 rings (SSSR count). The van der Waals surface area contributed by atoms with E-state index in [-0.39, 0.29) is 5.92 Å². The highest BCUT2D eigenvalue weighted by atomic mass is 16.5. The molecule has 0 spiro atoms. The summed E-state index contributed by atoms with van der Waals surface area (Å²) >= 11 is 0. The Kier molecular flexibility index (Phi) is 10.6. The molecule has 1 amide bonds. The number of amides is 1. The van der Waals surface area contributed by atoms with E-state index in [1.54, 1.807) is 25.3 Å². The quantitative estimate of drug-likeness (QED) is 0.180. The number of carbonyl (C=O) groups is 1. The minimum Gasteiger partial charge on any atom is -0.494 e. The van der Waals surface area contributed by atoms with Gasteiger partial charge >= 0.3 is 0 Å². The second-order valence-corrected chi connectivity index (χ2v) is 9.62. The van der Waals surface area contributed by atoms with Crippen molar-refractivity contribution in [2.45, 2.75) is 25.8 Å². The van der Waals surface area contributed by atoms with E-state index in [1.807, 2.05) is 19.1 Å². The van der Waals surface area contributed by atoms with E-state index in [0.717, 1.165) is 31.8 Å². The molecular weight excluding hydrogens is 500 g/mol. The van der Waals surface area contributed by atoms with Gasteiger partial charge in [-0.15, -0.1) is 0 Å². The van der Waals surface area contributed by atoms with Crippen LogP contribution in [0, 0.1) is 0 Å². The SMILES string of the molecule is CCOc1ccc(CN(CCCOc2ccc(C(N)=O)cc2OC)CC(c2ccccc2)c2ccccc2)cc1. The average Bonchev–Trinajstić information content (AvgIpc) is 2.99. The van der Waals surface area contributed by atoms with E-state index < -0.39 is 5.91 Å². The molecule has 0 aromatic heterocycles. The third-order valence-corrected chi connectivity index (χ3v) is 6.81. The number of carbonyl (C=O) groups excluding carboxylic acids is 1. The third kappa shape index (κ3) is 8.10. The summed E-state index contributed by atoms with van der Waals surface area (Å²) in [5.41, 5.74) is 9.61. The number of hydrogen-bond acceptors (Lipinski definition) is 5. The van der Waals surface area contributed by atoms with Crippen LogP contribution in [0.5, 0.6) is 17.2 Å². The van der Waals surface area contributed by atoms with Gasteiger partial charge in [0.05, 0.1) is 20.3 Å². The van der Waals surface area contributed by atoms with Gasteiger partial charge in [0, 0.05) is 31.1 Å². The molecule has 0 fully saturated rings. The van der Waals surface area contributed by atoms with Crippen molar-refractivity contribution in [3.63, 3.8) is 0 Å². The highest BCUT2D eigenvalue weighted by Gasteiger charge is 2.19. The molecule has 208 valence electrons. The summed E-state index contributed by atoms with van der Waals surface area (Å²) in [6, 6.07) is 34.7. The predicted molar refractivity (Wildman–Crippen MR) is 159 cm³/mol. The molecule has 6 nitrogen and oxygen atoms in total. The van der Waals surface area contributed by atoms with Crippen molar-refractivity contribution in [1.29, 1.82) is 0 Å². The van der Waals surface area contributed by atoms with Crippen LogP contribution in [-0.2, 0) is 6.54 Å². The van der Waals surface area contributed by atoms with Crippen LogP contribution in [-0.4, -0.2) is 44.2 Å². The fourth-order valence-electron chi connectivity index (χ4n) is 4.79. The normalized spacial score (nSPS) is 11.0. The zero-order valence-electron chi connectivity index (χ0n) is 23.3. The van der Waals surface area contributed by atoms with Crippen molar-refractivity contribution in [3.8, 4) is 17.2 Å². The molecule has 0 saturated heterocycles. The Balaban J connectivity index is 1.49. The molecule has 0 radical (unpaired) electrons. The van der Waals surface area contributed by atoms with E-state index in [0.29, 0.717) is 30.3 Å². The summed E-state index contributed by atoms with van der Waals surface area (Å²) in [5, 5.41) is 0. The van der Waals surface area contributed by atoms with Crippen LogP contribution >= 0.6 is 0 Å². The number of ether oxygens (including phenoxy) is 3. The number of nitrogens with two attached hydrogens (primary N) is 1. The number of hydrogen-bond donors (Lipinski definition) is 1. The zero-order valence-corrected chi connectivity index (χ0v) is 23.3. The van der Waals surface area contributed by atoms with Crippen molar-refractivity contribution in [3.05, 3.63) is 125 Å². The standard InChI is InChI=1S/C34H38N2O4/c1-3-39-30-18-15-26(16-19-30)24-36(21-10-22-40-32-20-17-29(34(35)37)23-33(32)38-2)25-31(27-11-6-4-7-12-27)28-13-8-5-9-14-28/h4-9,11-20,23,31H,3,10,21-22,24-25H2,1-2H3,(H2,35,37). The molecule has 0 unspecified atom stereocenters. The average molecular weight is 539 g/mol. The second kappa shape index (κ2) is 14.8. The smallest absolute Gasteiger partial charge is 0.248 e. The number of primary amides is 1. The van der Waals surface area contributed by atoms with Gasteiger partial charge in [0.1, 0.15) is 5.75 Å². The molecule has 0 atom stereocenters. The molecule has 40 heavy (non-hydrogen) atoms. The Labute approximate surface area is 237 Å². The largest absolute Gasteiger partial charge is 0.494 e. The van der Waals surface area contributed by atoms with Gasteiger partial charge in [0.2, 0.25) is 5.91 Å². The molecule has 2 N–H and O–H groups in total. The number of nitrogens with zero attached hydrogens (tertiary/aromatic N) is 1. The van der Waals surface area contributed by atoms with E-state index in [1.165, 1.54) is 16.7 Å². The first kappa shape index (κ1) is 28.7. The number of rotatable bonds is 15. The lowest BCUT2D eigenvalue weighted by atomic mass is 9.90. The van der Waals surface area contributed by atoms with Crippen LogP contribution < -0.4 is 19.9 Å². The Morgan fingerprint density at radius 2 is 1.48 bits per heavy atom. The summed E-state index contributed by atoms with van der Waals surface area (Å²) in [5.74, 6) is 1.70. The summed E-state index contributed by atoms with van der Waals surface area (Å²) in [6.45, 7) is 5.65. The van der Waals surface area contributed by atoms with Crippen LogP contribution in [0.1, 0.15) is 46.3 Å². The van der Waals surface area contributed by atoms with E-state index in [2.05, 4.69) is 77.7 Å². The van der Waals surface area contributed by atoms with E-state index in [9.17, 15) is 4.79 Å². The molecule has 0 bridgehead atoms. The van der Waals surface area contributed by atoms with Crippen molar-refractivity contribution in [2.75, 3.05) is 33.4 Å². The molecule has 4 aromatic carbocycles. The van der Waals surface area contributed by atoms with Crippen LogP contribution in [0.3, 0.4) is 0 Å². The summed E-state index contributed by atoms with van der Waals surface area (Å²) in [6.07, 6.45) is 0.814. The maximum Gasteiger partial charge on any atom is 0.248 e. The summed E-state index contributed by atoms with van der Waals surface area (Å²) in [7, 11) is 1.55. The first-order chi connectivity index (χ1) is 19.6. The van der Waals surface area contributed by atoms with E-state index >= 15 is 0 Å². The van der Waals surface area contributed by atoms with Gasteiger partial charge in [-0.2, -0.15) is 0 Å². The molecule has 0 aliphatic carbocycles.